The molecule has 0 aliphatic carbocycles. The van der Waals surface area contributed by atoms with Gasteiger partial charge in [0.15, 0.2) is 5.82 Å². The summed E-state index contributed by atoms with van der Waals surface area (Å²) in [5.41, 5.74) is 0.544. The Bertz CT molecular complexity index is 528. The zero-order valence-electron chi connectivity index (χ0n) is 8.44. The molecular weight excluding hydrogens is 354 g/mol. The number of benzene rings is 1. The van der Waals surface area contributed by atoms with E-state index in [0.717, 1.165) is 8.95 Å². The van der Waals surface area contributed by atoms with Crippen molar-refractivity contribution in [3.63, 3.8) is 0 Å². The monoisotopic (exact) mass is 359 g/mol. The van der Waals surface area contributed by atoms with E-state index in [9.17, 15) is 4.79 Å². The molecule has 2 N–H and O–H groups in total. The molecule has 0 unspecified atom stereocenters. The van der Waals surface area contributed by atoms with E-state index in [1.54, 1.807) is 12.1 Å². The lowest BCUT2D eigenvalue weighted by atomic mass is 10.2. The number of aromatic nitrogens is 4. The number of aromatic amines is 1. The molecule has 0 spiro atoms. The molecule has 0 aliphatic rings. The number of amides is 1. The Hall–Kier alpha value is -1.28. The Morgan fingerprint density at radius 1 is 1.41 bits per heavy atom. The number of carbonyl (C=O) groups excluding carboxylic acids is 1. The fourth-order valence-electron chi connectivity index (χ4n) is 1.18. The SMILES string of the molecule is O=C(NCc1nn[nH]n1)c1cc(Br)ccc1Br. The van der Waals surface area contributed by atoms with E-state index < -0.39 is 0 Å². The first kappa shape index (κ1) is 12.2. The molecule has 0 atom stereocenters. The van der Waals surface area contributed by atoms with Crippen molar-refractivity contribution < 1.29 is 4.79 Å². The van der Waals surface area contributed by atoms with Gasteiger partial charge in [-0.3, -0.25) is 4.79 Å². The van der Waals surface area contributed by atoms with Gasteiger partial charge < -0.3 is 5.32 Å². The maximum atomic E-state index is 11.9. The van der Waals surface area contributed by atoms with Crippen LogP contribution in [0.15, 0.2) is 27.1 Å². The van der Waals surface area contributed by atoms with Crippen molar-refractivity contribution in [2.75, 3.05) is 0 Å². The largest absolute Gasteiger partial charge is 0.345 e. The van der Waals surface area contributed by atoms with Gasteiger partial charge in [-0.05, 0) is 34.1 Å². The van der Waals surface area contributed by atoms with Gasteiger partial charge >= 0.3 is 0 Å². The number of carbonyl (C=O) groups is 1. The number of H-pyrrole nitrogens is 1. The Labute approximate surface area is 113 Å². The summed E-state index contributed by atoms with van der Waals surface area (Å²) >= 11 is 6.63. The number of rotatable bonds is 3. The summed E-state index contributed by atoms with van der Waals surface area (Å²) in [7, 11) is 0. The van der Waals surface area contributed by atoms with Gasteiger partial charge in [0.1, 0.15) is 0 Å². The summed E-state index contributed by atoms with van der Waals surface area (Å²) in [6.07, 6.45) is 0. The molecule has 0 fully saturated rings. The summed E-state index contributed by atoms with van der Waals surface area (Å²) in [5, 5.41) is 15.9. The highest BCUT2D eigenvalue weighted by Crippen LogP contribution is 2.21. The van der Waals surface area contributed by atoms with Crippen LogP contribution in [0.1, 0.15) is 16.2 Å². The number of nitrogens with one attached hydrogen (secondary N) is 2. The molecule has 2 rings (SSSR count). The first-order valence-corrected chi connectivity index (χ1v) is 6.21. The van der Waals surface area contributed by atoms with Crippen LogP contribution in [0.4, 0.5) is 0 Å². The predicted octanol–water partition coefficient (Wildman–Crippen LogP) is 1.65. The van der Waals surface area contributed by atoms with Crippen LogP contribution in [0, 0.1) is 0 Å². The molecule has 88 valence electrons. The summed E-state index contributed by atoms with van der Waals surface area (Å²) in [6, 6.07) is 5.38. The van der Waals surface area contributed by atoms with Gasteiger partial charge in [-0.2, -0.15) is 5.21 Å². The fourth-order valence-corrected chi connectivity index (χ4v) is 1.97. The Morgan fingerprint density at radius 3 is 2.94 bits per heavy atom. The van der Waals surface area contributed by atoms with Crippen LogP contribution in [0.2, 0.25) is 0 Å². The minimum absolute atomic E-state index is 0.206. The van der Waals surface area contributed by atoms with Gasteiger partial charge in [0, 0.05) is 8.95 Å². The molecule has 1 amide bonds. The third kappa shape index (κ3) is 3.10. The number of tetrazole rings is 1. The molecule has 1 aromatic heterocycles. The van der Waals surface area contributed by atoms with Crippen molar-refractivity contribution in [2.24, 2.45) is 0 Å². The zero-order valence-corrected chi connectivity index (χ0v) is 11.6. The number of hydrogen-bond donors (Lipinski definition) is 2. The second-order valence-corrected chi connectivity index (χ2v) is 4.90. The van der Waals surface area contributed by atoms with Gasteiger partial charge in [-0.15, -0.1) is 10.2 Å². The second kappa shape index (κ2) is 5.37. The van der Waals surface area contributed by atoms with Crippen molar-refractivity contribution in [3.05, 3.63) is 38.5 Å². The number of halogens is 2. The molecule has 6 nitrogen and oxygen atoms in total. The standard InChI is InChI=1S/C9H7Br2N5O/c10-5-1-2-7(11)6(3-5)9(17)12-4-8-13-15-16-14-8/h1-3H,4H2,(H,12,17)(H,13,14,15,16). The lowest BCUT2D eigenvalue weighted by Crippen LogP contribution is -2.23. The molecule has 1 heterocycles. The molecule has 0 saturated heterocycles. The van der Waals surface area contributed by atoms with E-state index in [-0.39, 0.29) is 12.5 Å². The Morgan fingerprint density at radius 2 is 2.24 bits per heavy atom. The van der Waals surface area contributed by atoms with Crippen LogP contribution in [0.5, 0.6) is 0 Å². The maximum Gasteiger partial charge on any atom is 0.252 e. The zero-order chi connectivity index (χ0) is 12.3. The second-order valence-electron chi connectivity index (χ2n) is 3.13. The average Bonchev–Trinajstić information content (AvgIpc) is 2.82. The van der Waals surface area contributed by atoms with Gasteiger partial charge in [-0.1, -0.05) is 21.1 Å². The van der Waals surface area contributed by atoms with E-state index in [0.29, 0.717) is 11.4 Å². The maximum absolute atomic E-state index is 11.9. The Kier molecular flexibility index (Phi) is 3.85. The third-order valence-electron chi connectivity index (χ3n) is 1.97. The molecule has 0 saturated carbocycles. The van der Waals surface area contributed by atoms with Crippen LogP contribution in [0.25, 0.3) is 0 Å². The molecule has 2 aromatic rings. The first-order chi connectivity index (χ1) is 8.16. The lowest BCUT2D eigenvalue weighted by Gasteiger charge is -2.05. The molecule has 8 heteroatoms. The quantitative estimate of drug-likeness (QED) is 0.871. The molecule has 0 bridgehead atoms. The van der Waals surface area contributed by atoms with Crippen LogP contribution in [-0.2, 0) is 6.54 Å². The number of hydrogen-bond acceptors (Lipinski definition) is 4. The highest BCUT2D eigenvalue weighted by Gasteiger charge is 2.11. The molecule has 0 aliphatic heterocycles. The van der Waals surface area contributed by atoms with E-state index in [1.807, 2.05) is 6.07 Å². The van der Waals surface area contributed by atoms with Gasteiger partial charge in [0.05, 0.1) is 12.1 Å². The van der Waals surface area contributed by atoms with Gasteiger partial charge in [0.2, 0.25) is 0 Å². The summed E-state index contributed by atoms with van der Waals surface area (Å²) in [5.74, 6) is 0.229. The fraction of sp³-hybridized carbons (Fsp3) is 0.111. The third-order valence-corrected chi connectivity index (χ3v) is 3.15. The van der Waals surface area contributed by atoms with Crippen LogP contribution >= 0.6 is 31.9 Å². The highest BCUT2D eigenvalue weighted by molar-refractivity contribution is 9.11. The smallest absolute Gasteiger partial charge is 0.252 e. The van der Waals surface area contributed by atoms with Crippen LogP contribution in [-0.4, -0.2) is 26.5 Å². The van der Waals surface area contributed by atoms with Crippen LogP contribution in [0.3, 0.4) is 0 Å². The van der Waals surface area contributed by atoms with Crippen LogP contribution < -0.4 is 5.32 Å². The summed E-state index contributed by atoms with van der Waals surface area (Å²) in [6.45, 7) is 0.230. The van der Waals surface area contributed by atoms with Crippen molar-refractivity contribution in [1.82, 2.24) is 25.9 Å². The molecule has 0 radical (unpaired) electrons. The average molecular weight is 361 g/mol. The Balaban J connectivity index is 2.07. The van der Waals surface area contributed by atoms with Crippen molar-refractivity contribution in [3.8, 4) is 0 Å². The van der Waals surface area contributed by atoms with Gasteiger partial charge in [-0.25, -0.2) is 0 Å². The summed E-state index contributed by atoms with van der Waals surface area (Å²) < 4.78 is 1.57. The van der Waals surface area contributed by atoms with Crippen molar-refractivity contribution in [1.29, 1.82) is 0 Å². The minimum atomic E-state index is -0.206. The molecular formula is C9H7Br2N5O. The molecule has 17 heavy (non-hydrogen) atoms. The highest BCUT2D eigenvalue weighted by atomic mass is 79.9. The topological polar surface area (TPSA) is 83.6 Å². The first-order valence-electron chi connectivity index (χ1n) is 4.62. The van der Waals surface area contributed by atoms with Crippen molar-refractivity contribution >= 4 is 37.8 Å². The lowest BCUT2D eigenvalue weighted by molar-refractivity contribution is 0.0949. The normalized spacial score (nSPS) is 10.2. The van der Waals surface area contributed by atoms with E-state index in [4.69, 9.17) is 0 Å². The molecule has 1 aromatic carbocycles. The van der Waals surface area contributed by atoms with Crippen molar-refractivity contribution in [2.45, 2.75) is 6.54 Å². The minimum Gasteiger partial charge on any atom is -0.345 e. The van der Waals surface area contributed by atoms with Gasteiger partial charge in [0.25, 0.3) is 5.91 Å². The predicted molar refractivity (Wildman–Crippen MR) is 67.2 cm³/mol. The van der Waals surface area contributed by atoms with E-state index >= 15 is 0 Å². The van der Waals surface area contributed by atoms with E-state index in [2.05, 4.69) is 57.8 Å². The van der Waals surface area contributed by atoms with E-state index in [1.165, 1.54) is 0 Å². The number of nitrogens with zero attached hydrogens (tertiary/aromatic N) is 3. The summed E-state index contributed by atoms with van der Waals surface area (Å²) in [4.78, 5) is 11.9.